The van der Waals surface area contributed by atoms with Crippen molar-refractivity contribution in [1.82, 2.24) is 9.38 Å². The summed E-state index contributed by atoms with van der Waals surface area (Å²) in [5.74, 6) is -3.82. The van der Waals surface area contributed by atoms with Gasteiger partial charge in [0.25, 0.3) is 0 Å². The van der Waals surface area contributed by atoms with Crippen LogP contribution in [0.4, 0.5) is 22.0 Å². The van der Waals surface area contributed by atoms with Gasteiger partial charge in [-0.05, 0) is 31.2 Å². The number of methoxy groups -OCH3 is 2. The third-order valence-electron chi connectivity index (χ3n) is 5.04. The molecule has 0 atom stereocenters. The molecule has 2 aromatic heterocycles. The zero-order valence-corrected chi connectivity index (χ0v) is 15.3. The zero-order chi connectivity index (χ0) is 20.7. The highest BCUT2D eigenvalue weighted by molar-refractivity contribution is 5.93. The number of aromatic nitrogens is 2. The van der Waals surface area contributed by atoms with Gasteiger partial charge in [0.1, 0.15) is 17.0 Å². The average Bonchev–Trinajstić information content (AvgIpc) is 2.99. The van der Waals surface area contributed by atoms with E-state index in [1.807, 2.05) is 0 Å². The molecule has 0 bridgehead atoms. The molecule has 154 valence electrons. The number of nitrogens with zero attached hydrogens (tertiary/aromatic N) is 2. The molecule has 0 spiro atoms. The summed E-state index contributed by atoms with van der Waals surface area (Å²) in [6, 6.07) is 1.17. The van der Waals surface area contributed by atoms with Crippen molar-refractivity contribution in [2.24, 2.45) is 5.92 Å². The summed E-state index contributed by atoms with van der Waals surface area (Å²) in [6.45, 7) is 0. The smallest absolute Gasteiger partial charge is 0.435 e. The van der Waals surface area contributed by atoms with Gasteiger partial charge in [0, 0.05) is 12.8 Å². The Labute approximate surface area is 157 Å². The van der Waals surface area contributed by atoms with Gasteiger partial charge in [-0.2, -0.15) is 13.2 Å². The minimum atomic E-state index is -4.72. The number of halogens is 5. The predicted molar refractivity (Wildman–Crippen MR) is 88.7 cm³/mol. The third-order valence-corrected chi connectivity index (χ3v) is 5.04. The standard InChI is InChI=1S/C18H19F5N2O3/c1-27-13-9-25-12(7-10-3-5-17(19,20)6-4-10)15(18(21,22)23)24-14(25)8-11(13)16(26)28-2/h8-10H,3-7H2,1-2H3. The van der Waals surface area contributed by atoms with Crippen molar-refractivity contribution in [1.29, 1.82) is 0 Å². The van der Waals surface area contributed by atoms with E-state index in [0.29, 0.717) is 0 Å². The molecule has 0 N–H and O–H groups in total. The van der Waals surface area contributed by atoms with E-state index >= 15 is 0 Å². The largest absolute Gasteiger partial charge is 0.494 e. The van der Waals surface area contributed by atoms with E-state index in [1.54, 1.807) is 0 Å². The Morgan fingerprint density at radius 2 is 1.93 bits per heavy atom. The van der Waals surface area contributed by atoms with E-state index in [-0.39, 0.29) is 60.7 Å². The number of imidazole rings is 1. The molecular formula is C18H19F5N2O3. The van der Waals surface area contributed by atoms with E-state index in [0.717, 1.165) is 7.11 Å². The van der Waals surface area contributed by atoms with Gasteiger partial charge in [-0.15, -0.1) is 0 Å². The Morgan fingerprint density at radius 1 is 1.29 bits per heavy atom. The summed E-state index contributed by atoms with van der Waals surface area (Å²) in [5, 5.41) is 0. The summed E-state index contributed by atoms with van der Waals surface area (Å²) in [5.41, 5.74) is -1.37. The van der Waals surface area contributed by atoms with Gasteiger partial charge in [-0.25, -0.2) is 18.6 Å². The zero-order valence-electron chi connectivity index (χ0n) is 15.3. The Bertz CT molecular complexity index is 881. The molecule has 1 aliphatic carbocycles. The molecule has 0 saturated heterocycles. The number of hydrogen-bond acceptors (Lipinski definition) is 4. The van der Waals surface area contributed by atoms with Crippen LogP contribution < -0.4 is 4.74 Å². The molecule has 5 nitrogen and oxygen atoms in total. The van der Waals surface area contributed by atoms with Crippen molar-refractivity contribution in [3.05, 3.63) is 29.2 Å². The number of fused-ring (bicyclic) bond motifs is 1. The van der Waals surface area contributed by atoms with Crippen LogP contribution in [0.15, 0.2) is 12.3 Å². The van der Waals surface area contributed by atoms with Crippen molar-refractivity contribution in [3.63, 3.8) is 0 Å². The van der Waals surface area contributed by atoms with Gasteiger partial charge in [-0.1, -0.05) is 0 Å². The molecule has 1 saturated carbocycles. The van der Waals surface area contributed by atoms with E-state index in [2.05, 4.69) is 9.72 Å². The van der Waals surface area contributed by atoms with E-state index in [1.165, 1.54) is 23.8 Å². The summed E-state index contributed by atoms with van der Waals surface area (Å²) in [6.07, 6.45) is -3.94. The number of hydrogen-bond donors (Lipinski definition) is 0. The fourth-order valence-electron chi connectivity index (χ4n) is 3.55. The molecule has 2 heterocycles. The highest BCUT2D eigenvalue weighted by Crippen LogP contribution is 2.40. The SMILES string of the molecule is COC(=O)c1cc2nc(C(F)(F)F)c(CC3CCC(F)(F)CC3)n2cc1OC. The molecule has 10 heteroatoms. The molecule has 0 unspecified atom stereocenters. The van der Waals surface area contributed by atoms with Crippen LogP contribution in [-0.4, -0.2) is 35.5 Å². The predicted octanol–water partition coefficient (Wildman–Crippen LogP) is 4.52. The van der Waals surface area contributed by atoms with Gasteiger partial charge in [-0.3, -0.25) is 4.40 Å². The molecule has 2 aromatic rings. The summed E-state index contributed by atoms with van der Waals surface area (Å²) >= 11 is 0. The highest BCUT2D eigenvalue weighted by atomic mass is 19.4. The number of carbonyl (C=O) groups is 1. The monoisotopic (exact) mass is 406 g/mol. The topological polar surface area (TPSA) is 52.8 Å². The maximum atomic E-state index is 13.6. The maximum Gasteiger partial charge on any atom is 0.435 e. The number of pyridine rings is 1. The van der Waals surface area contributed by atoms with Crippen LogP contribution >= 0.6 is 0 Å². The van der Waals surface area contributed by atoms with Gasteiger partial charge < -0.3 is 9.47 Å². The van der Waals surface area contributed by atoms with Crippen LogP contribution in [0.5, 0.6) is 5.75 Å². The maximum absolute atomic E-state index is 13.6. The Balaban J connectivity index is 2.07. The van der Waals surface area contributed by atoms with Gasteiger partial charge in [0.15, 0.2) is 5.69 Å². The minimum Gasteiger partial charge on any atom is -0.494 e. The fraction of sp³-hybridized carbons (Fsp3) is 0.556. The molecule has 28 heavy (non-hydrogen) atoms. The second-order valence-electron chi connectivity index (χ2n) is 6.88. The number of rotatable bonds is 4. The number of esters is 1. The van der Waals surface area contributed by atoms with Crippen molar-refractivity contribution < 1.29 is 36.2 Å². The summed E-state index contributed by atoms with van der Waals surface area (Å²) < 4.78 is 78.4. The fourth-order valence-corrected chi connectivity index (χ4v) is 3.55. The third kappa shape index (κ3) is 3.90. The lowest BCUT2D eigenvalue weighted by Crippen LogP contribution is -2.26. The van der Waals surface area contributed by atoms with Crippen molar-refractivity contribution in [2.45, 2.75) is 44.2 Å². The Kier molecular flexibility index (Phi) is 5.24. The van der Waals surface area contributed by atoms with Gasteiger partial charge in [0.05, 0.1) is 26.1 Å². The average molecular weight is 406 g/mol. The Hall–Kier alpha value is -2.39. The second-order valence-corrected chi connectivity index (χ2v) is 6.88. The molecule has 0 aromatic carbocycles. The lowest BCUT2D eigenvalue weighted by atomic mass is 9.83. The number of carbonyl (C=O) groups excluding carboxylic acids is 1. The second kappa shape index (κ2) is 7.21. The van der Waals surface area contributed by atoms with Crippen LogP contribution in [0.1, 0.15) is 47.4 Å². The molecule has 0 radical (unpaired) electrons. The van der Waals surface area contributed by atoms with Gasteiger partial charge in [0.2, 0.25) is 5.92 Å². The first kappa shape index (κ1) is 20.3. The molecule has 0 aliphatic heterocycles. The van der Waals surface area contributed by atoms with Crippen LogP contribution in [0.25, 0.3) is 5.65 Å². The Morgan fingerprint density at radius 3 is 2.46 bits per heavy atom. The summed E-state index contributed by atoms with van der Waals surface area (Å²) in [7, 11) is 2.42. The first-order valence-electron chi connectivity index (χ1n) is 8.68. The van der Waals surface area contributed by atoms with Crippen LogP contribution in [0.2, 0.25) is 0 Å². The lowest BCUT2D eigenvalue weighted by molar-refractivity contribution is -0.141. The van der Waals surface area contributed by atoms with Crippen molar-refractivity contribution >= 4 is 11.6 Å². The summed E-state index contributed by atoms with van der Waals surface area (Å²) in [4.78, 5) is 15.5. The first-order valence-corrected chi connectivity index (χ1v) is 8.68. The van der Waals surface area contributed by atoms with E-state index in [4.69, 9.17) is 4.74 Å². The van der Waals surface area contributed by atoms with Crippen LogP contribution in [0.3, 0.4) is 0 Å². The highest BCUT2D eigenvalue weighted by Gasteiger charge is 2.40. The number of alkyl halides is 5. The lowest BCUT2D eigenvalue weighted by Gasteiger charge is -2.28. The van der Waals surface area contributed by atoms with E-state index < -0.39 is 23.8 Å². The number of ether oxygens (including phenoxy) is 2. The van der Waals surface area contributed by atoms with Crippen molar-refractivity contribution in [3.8, 4) is 5.75 Å². The van der Waals surface area contributed by atoms with Crippen LogP contribution in [-0.2, 0) is 17.3 Å². The van der Waals surface area contributed by atoms with Crippen molar-refractivity contribution in [2.75, 3.05) is 14.2 Å². The molecule has 0 amide bonds. The molecule has 1 aliphatic rings. The first-order chi connectivity index (χ1) is 13.1. The van der Waals surface area contributed by atoms with E-state index in [9.17, 15) is 26.7 Å². The molecule has 3 rings (SSSR count). The quantitative estimate of drug-likeness (QED) is 0.554. The van der Waals surface area contributed by atoms with Gasteiger partial charge >= 0.3 is 12.1 Å². The normalized spacial score (nSPS) is 17.7. The van der Waals surface area contributed by atoms with Crippen LogP contribution in [0, 0.1) is 5.92 Å². The molecular weight excluding hydrogens is 387 g/mol. The molecule has 1 fully saturated rings. The minimum absolute atomic E-state index is 0.0295.